The molecule has 0 spiro atoms. The van der Waals surface area contributed by atoms with Crippen LogP contribution in [0.5, 0.6) is 0 Å². The topological polar surface area (TPSA) is 64.4 Å². The van der Waals surface area contributed by atoms with Crippen LogP contribution >= 0.6 is 11.6 Å². The summed E-state index contributed by atoms with van der Waals surface area (Å²) >= 11 is 6.65. The molecule has 5 rings (SSSR count). The van der Waals surface area contributed by atoms with Crippen LogP contribution in [0.3, 0.4) is 0 Å². The molecule has 2 N–H and O–H groups in total. The number of hydrogen-bond donors (Lipinski definition) is 2. The predicted octanol–water partition coefficient (Wildman–Crippen LogP) is 7.21. The molecule has 1 aliphatic carbocycles. The predicted molar refractivity (Wildman–Crippen MR) is 137 cm³/mol. The van der Waals surface area contributed by atoms with Gasteiger partial charge in [-0.1, -0.05) is 77.8 Å². The molecule has 34 heavy (non-hydrogen) atoms. The maximum absolute atomic E-state index is 13.5. The van der Waals surface area contributed by atoms with E-state index in [1.165, 1.54) is 0 Å². The van der Waals surface area contributed by atoms with E-state index in [4.69, 9.17) is 11.6 Å². The fraction of sp³-hybridized carbons (Fsp3) is 0.172. The third-order valence-electron chi connectivity index (χ3n) is 6.57. The summed E-state index contributed by atoms with van der Waals surface area (Å²) in [4.78, 5) is 15.3. The minimum absolute atomic E-state index is 0.0132. The van der Waals surface area contributed by atoms with Crippen molar-refractivity contribution in [2.75, 3.05) is 4.90 Å². The minimum atomic E-state index is -0.620. The molecule has 0 saturated carbocycles. The summed E-state index contributed by atoms with van der Waals surface area (Å²) in [5.41, 5.74) is 5.00. The quantitative estimate of drug-likeness (QED) is 0.399. The Morgan fingerprint density at radius 3 is 2.35 bits per heavy atom. The summed E-state index contributed by atoms with van der Waals surface area (Å²) in [6, 6.07) is 24.5. The Morgan fingerprint density at radius 2 is 1.65 bits per heavy atom. The highest BCUT2D eigenvalue weighted by molar-refractivity contribution is 6.32. The number of carbonyl (C=O) groups is 1. The van der Waals surface area contributed by atoms with E-state index in [2.05, 4.69) is 0 Å². The van der Waals surface area contributed by atoms with Gasteiger partial charge >= 0.3 is 0 Å². The van der Waals surface area contributed by atoms with Crippen LogP contribution in [0, 0.1) is 12.3 Å². The molecular weight excluding hydrogens is 444 g/mol. The third kappa shape index (κ3) is 3.74. The third-order valence-corrected chi connectivity index (χ3v) is 6.91. The van der Waals surface area contributed by atoms with Gasteiger partial charge < -0.3 is 5.11 Å². The highest BCUT2D eigenvalue weighted by atomic mass is 35.5. The van der Waals surface area contributed by atoms with Gasteiger partial charge in [-0.25, -0.2) is 0 Å². The normalized spacial score (nSPS) is 19.8. The molecule has 3 aromatic rings. The molecule has 0 amide bonds. The molecule has 1 unspecified atom stereocenters. The van der Waals surface area contributed by atoms with Gasteiger partial charge in [0.1, 0.15) is 11.6 Å². The number of aliphatic hydroxyl groups is 1. The van der Waals surface area contributed by atoms with Crippen molar-refractivity contribution in [1.82, 2.24) is 0 Å². The second kappa shape index (κ2) is 8.96. The summed E-state index contributed by atoms with van der Waals surface area (Å²) in [6.45, 7) is 1.98. The van der Waals surface area contributed by atoms with Crippen LogP contribution in [0.1, 0.15) is 41.9 Å². The van der Waals surface area contributed by atoms with Crippen molar-refractivity contribution < 1.29 is 9.90 Å². The van der Waals surface area contributed by atoms with Crippen LogP contribution in [0.25, 0.3) is 5.76 Å². The number of halogens is 1. The molecule has 0 bridgehead atoms. The number of ketones is 1. The van der Waals surface area contributed by atoms with Crippen molar-refractivity contribution in [1.29, 1.82) is 5.41 Å². The van der Waals surface area contributed by atoms with Crippen molar-refractivity contribution in [2.24, 2.45) is 0 Å². The van der Waals surface area contributed by atoms with E-state index in [0.29, 0.717) is 34.6 Å². The van der Waals surface area contributed by atoms with Gasteiger partial charge in [-0.3, -0.25) is 15.1 Å². The first-order valence-corrected chi connectivity index (χ1v) is 11.8. The van der Waals surface area contributed by atoms with Crippen LogP contribution < -0.4 is 4.90 Å². The SMILES string of the molecule is Cc1ccc(/C(O)=C2\C(=N)N(c3ccccc3)C3=C(C(=O)CCC3)C2c2ccccc2Cl)cc1. The molecule has 0 fully saturated rings. The first-order chi connectivity index (χ1) is 16.5. The lowest BCUT2D eigenvalue weighted by atomic mass is 9.73. The number of carbonyl (C=O) groups excluding carboxylic acids is 1. The Balaban J connectivity index is 1.84. The number of para-hydroxylation sites is 1. The lowest BCUT2D eigenvalue weighted by Crippen LogP contribution is -2.42. The first kappa shape index (κ1) is 22.2. The van der Waals surface area contributed by atoms with Gasteiger partial charge in [-0.2, -0.15) is 0 Å². The number of aliphatic hydroxyl groups excluding tert-OH is 1. The van der Waals surface area contributed by atoms with Gasteiger partial charge in [0, 0.05) is 45.5 Å². The molecule has 0 aromatic heterocycles. The van der Waals surface area contributed by atoms with Crippen LogP contribution in [0.15, 0.2) is 95.7 Å². The van der Waals surface area contributed by atoms with Crippen molar-refractivity contribution in [2.45, 2.75) is 32.1 Å². The lowest BCUT2D eigenvalue weighted by Gasteiger charge is -2.42. The molecule has 1 aliphatic heterocycles. The van der Waals surface area contributed by atoms with Crippen molar-refractivity contribution in [3.8, 4) is 0 Å². The number of nitrogens with zero attached hydrogens (tertiary/aromatic N) is 1. The zero-order valence-corrected chi connectivity index (χ0v) is 19.6. The van der Waals surface area contributed by atoms with Crippen LogP contribution in [-0.4, -0.2) is 16.7 Å². The van der Waals surface area contributed by atoms with Gasteiger partial charge in [0.15, 0.2) is 5.78 Å². The van der Waals surface area contributed by atoms with Gasteiger partial charge in [-0.15, -0.1) is 0 Å². The molecule has 1 atom stereocenters. The van der Waals surface area contributed by atoms with E-state index in [1.54, 1.807) is 6.07 Å². The fourth-order valence-electron chi connectivity index (χ4n) is 4.94. The molecule has 5 heteroatoms. The molecule has 170 valence electrons. The molecule has 0 radical (unpaired) electrons. The Hall–Kier alpha value is -3.63. The summed E-state index contributed by atoms with van der Waals surface area (Å²) in [7, 11) is 0. The molecule has 1 heterocycles. The van der Waals surface area contributed by atoms with Crippen molar-refractivity contribution >= 4 is 34.7 Å². The number of rotatable bonds is 3. The Labute approximate surface area is 204 Å². The molecular formula is C29H25ClN2O2. The number of nitrogens with one attached hydrogen (secondary N) is 1. The molecule has 2 aliphatic rings. The van der Waals surface area contributed by atoms with E-state index in [-0.39, 0.29) is 17.4 Å². The second-order valence-electron chi connectivity index (χ2n) is 8.74. The minimum Gasteiger partial charge on any atom is -0.507 e. The zero-order chi connectivity index (χ0) is 23.8. The van der Waals surface area contributed by atoms with Crippen molar-refractivity contribution in [3.05, 3.63) is 117 Å². The van der Waals surface area contributed by atoms with Crippen LogP contribution in [0.2, 0.25) is 5.02 Å². The van der Waals surface area contributed by atoms with Gasteiger partial charge in [0.2, 0.25) is 0 Å². The number of aryl methyl sites for hydroxylation is 1. The Bertz CT molecular complexity index is 1340. The molecule has 3 aromatic carbocycles. The van der Waals surface area contributed by atoms with Gasteiger partial charge in [0.05, 0.1) is 0 Å². The summed E-state index contributed by atoms with van der Waals surface area (Å²) in [6.07, 6.45) is 1.85. The van der Waals surface area contributed by atoms with E-state index >= 15 is 0 Å². The summed E-state index contributed by atoms with van der Waals surface area (Å²) < 4.78 is 0. The zero-order valence-electron chi connectivity index (χ0n) is 18.9. The maximum Gasteiger partial charge on any atom is 0.161 e. The second-order valence-corrected chi connectivity index (χ2v) is 9.15. The van der Waals surface area contributed by atoms with Crippen LogP contribution in [-0.2, 0) is 4.79 Å². The fourth-order valence-corrected chi connectivity index (χ4v) is 5.19. The Kier molecular flexibility index (Phi) is 5.84. The van der Waals surface area contributed by atoms with E-state index in [1.807, 2.05) is 84.6 Å². The first-order valence-electron chi connectivity index (χ1n) is 11.4. The number of anilines is 1. The summed E-state index contributed by atoms with van der Waals surface area (Å²) in [5.74, 6) is -0.442. The summed E-state index contributed by atoms with van der Waals surface area (Å²) in [5, 5.41) is 21.4. The molecule has 0 saturated heterocycles. The highest BCUT2D eigenvalue weighted by Gasteiger charge is 2.43. The van der Waals surface area contributed by atoms with Gasteiger partial charge in [0.25, 0.3) is 0 Å². The van der Waals surface area contributed by atoms with E-state index in [9.17, 15) is 15.3 Å². The monoisotopic (exact) mass is 468 g/mol. The van der Waals surface area contributed by atoms with Crippen LogP contribution in [0.4, 0.5) is 5.69 Å². The van der Waals surface area contributed by atoms with Crippen molar-refractivity contribution in [3.63, 3.8) is 0 Å². The number of benzene rings is 3. The number of Topliss-reactive ketones (excluding diaryl/α,β-unsaturated/α-hetero) is 1. The maximum atomic E-state index is 13.5. The average molecular weight is 469 g/mol. The average Bonchev–Trinajstić information content (AvgIpc) is 2.84. The number of allylic oxidation sites excluding steroid dienone is 2. The number of amidine groups is 1. The lowest BCUT2D eigenvalue weighted by molar-refractivity contribution is -0.116. The Morgan fingerprint density at radius 1 is 0.971 bits per heavy atom. The smallest absolute Gasteiger partial charge is 0.161 e. The molecule has 4 nitrogen and oxygen atoms in total. The highest BCUT2D eigenvalue weighted by Crippen LogP contribution is 2.49. The van der Waals surface area contributed by atoms with E-state index < -0.39 is 5.92 Å². The standard InChI is InChI=1S/C29H25ClN2O2/c1-18-14-16-19(17-15-18)28(34)27-25(21-10-5-6-11-22(21)30)26-23(12-7-13-24(26)33)32(29(27)31)20-8-3-2-4-9-20/h2-6,8-11,14-17,25,31,34H,7,12-13H2,1H3/b28-27+,31-29?. The van der Waals surface area contributed by atoms with Gasteiger partial charge in [-0.05, 0) is 43.5 Å². The van der Waals surface area contributed by atoms with E-state index in [0.717, 1.165) is 28.9 Å². The number of hydrogen-bond acceptors (Lipinski definition) is 3. The largest absolute Gasteiger partial charge is 0.507 e.